The summed E-state index contributed by atoms with van der Waals surface area (Å²) in [6, 6.07) is 5.38. The molecule has 2 heterocycles. The lowest BCUT2D eigenvalue weighted by Crippen LogP contribution is -2.40. The number of aromatic nitrogens is 2. The molecule has 0 saturated heterocycles. The van der Waals surface area contributed by atoms with Crippen molar-refractivity contribution < 1.29 is 4.42 Å². The van der Waals surface area contributed by atoms with E-state index in [4.69, 9.17) is 4.42 Å². The molecule has 110 valence electrons. The highest BCUT2D eigenvalue weighted by atomic mass is 16.3. The SMILES string of the molecule is C[C@H](Cc1ccco1)Nc1c(C#N)c(=O)n(C)c(=O)n1C. The molecule has 0 fully saturated rings. The van der Waals surface area contributed by atoms with E-state index >= 15 is 0 Å². The summed E-state index contributed by atoms with van der Waals surface area (Å²) >= 11 is 0. The van der Waals surface area contributed by atoms with Crippen LogP contribution in [0.1, 0.15) is 18.2 Å². The molecule has 0 aromatic carbocycles. The molecule has 2 aromatic rings. The van der Waals surface area contributed by atoms with Crippen molar-refractivity contribution in [2.45, 2.75) is 19.4 Å². The largest absolute Gasteiger partial charge is 0.469 e. The molecular weight excluding hydrogens is 272 g/mol. The van der Waals surface area contributed by atoms with Crippen LogP contribution in [0, 0.1) is 11.3 Å². The van der Waals surface area contributed by atoms with Crippen LogP contribution in [0.2, 0.25) is 0 Å². The minimum Gasteiger partial charge on any atom is -0.469 e. The van der Waals surface area contributed by atoms with E-state index in [1.165, 1.54) is 18.7 Å². The maximum absolute atomic E-state index is 12.0. The van der Waals surface area contributed by atoms with E-state index in [0.717, 1.165) is 10.3 Å². The van der Waals surface area contributed by atoms with Crippen LogP contribution in [0.5, 0.6) is 0 Å². The van der Waals surface area contributed by atoms with Crippen molar-refractivity contribution in [1.82, 2.24) is 9.13 Å². The standard InChI is InChI=1S/C14H16N4O3/c1-9(7-10-5-4-6-21-10)16-12-11(8-15)13(19)18(3)14(20)17(12)2/h4-6,9,16H,7H2,1-3H3/t9-/m1/s1. The van der Waals surface area contributed by atoms with E-state index in [0.29, 0.717) is 6.42 Å². The molecule has 0 saturated carbocycles. The quantitative estimate of drug-likeness (QED) is 0.889. The maximum atomic E-state index is 12.0. The fraction of sp³-hybridized carbons (Fsp3) is 0.357. The van der Waals surface area contributed by atoms with E-state index in [1.807, 2.05) is 19.1 Å². The van der Waals surface area contributed by atoms with Crippen molar-refractivity contribution >= 4 is 5.82 Å². The number of anilines is 1. The lowest BCUT2D eigenvalue weighted by Gasteiger charge is -2.18. The van der Waals surface area contributed by atoms with E-state index in [-0.39, 0.29) is 17.4 Å². The molecule has 1 atom stereocenters. The molecule has 7 heteroatoms. The molecule has 0 amide bonds. The zero-order chi connectivity index (χ0) is 15.6. The van der Waals surface area contributed by atoms with Gasteiger partial charge in [0.25, 0.3) is 5.56 Å². The zero-order valence-corrected chi connectivity index (χ0v) is 12.1. The molecular formula is C14H16N4O3. The highest BCUT2D eigenvalue weighted by Gasteiger charge is 2.17. The van der Waals surface area contributed by atoms with Gasteiger partial charge in [-0.05, 0) is 19.1 Å². The summed E-state index contributed by atoms with van der Waals surface area (Å²) in [4.78, 5) is 23.9. The normalized spacial score (nSPS) is 11.9. The van der Waals surface area contributed by atoms with E-state index in [1.54, 1.807) is 12.3 Å². The molecule has 0 spiro atoms. The Hall–Kier alpha value is -2.75. The van der Waals surface area contributed by atoms with Gasteiger partial charge in [-0.2, -0.15) is 5.26 Å². The molecule has 0 unspecified atom stereocenters. The number of furan rings is 1. The number of nitrogens with zero attached hydrogens (tertiary/aromatic N) is 3. The van der Waals surface area contributed by atoms with E-state index < -0.39 is 11.2 Å². The van der Waals surface area contributed by atoms with E-state index in [2.05, 4.69) is 5.32 Å². The predicted molar refractivity (Wildman–Crippen MR) is 77.1 cm³/mol. The Morgan fingerprint density at radius 1 is 1.38 bits per heavy atom. The smallest absolute Gasteiger partial charge is 0.332 e. The van der Waals surface area contributed by atoms with Crippen LogP contribution in [0.15, 0.2) is 32.4 Å². The van der Waals surface area contributed by atoms with Crippen molar-refractivity contribution in [3.8, 4) is 6.07 Å². The lowest BCUT2D eigenvalue weighted by atomic mass is 10.2. The second-order valence-corrected chi connectivity index (χ2v) is 4.87. The van der Waals surface area contributed by atoms with Gasteiger partial charge in [-0.3, -0.25) is 13.9 Å². The van der Waals surface area contributed by atoms with Gasteiger partial charge >= 0.3 is 5.69 Å². The molecule has 0 radical (unpaired) electrons. The molecule has 21 heavy (non-hydrogen) atoms. The third-order valence-electron chi connectivity index (χ3n) is 3.25. The third-order valence-corrected chi connectivity index (χ3v) is 3.25. The Kier molecular flexibility index (Phi) is 3.98. The number of nitriles is 1. The molecule has 0 aliphatic heterocycles. The first-order valence-electron chi connectivity index (χ1n) is 6.44. The van der Waals surface area contributed by atoms with Crippen LogP contribution in [0.3, 0.4) is 0 Å². The van der Waals surface area contributed by atoms with Gasteiger partial charge < -0.3 is 9.73 Å². The molecule has 2 aromatic heterocycles. The minimum absolute atomic E-state index is 0.0779. The van der Waals surface area contributed by atoms with Crippen LogP contribution in [0.25, 0.3) is 0 Å². The average molecular weight is 288 g/mol. The third kappa shape index (κ3) is 2.74. The molecule has 1 N–H and O–H groups in total. The Morgan fingerprint density at radius 2 is 2.10 bits per heavy atom. The van der Waals surface area contributed by atoms with Crippen molar-refractivity contribution in [3.63, 3.8) is 0 Å². The van der Waals surface area contributed by atoms with Crippen molar-refractivity contribution in [3.05, 3.63) is 50.6 Å². The summed E-state index contributed by atoms with van der Waals surface area (Å²) in [5, 5.41) is 12.2. The summed E-state index contributed by atoms with van der Waals surface area (Å²) in [7, 11) is 2.87. The fourth-order valence-electron chi connectivity index (χ4n) is 2.13. The van der Waals surface area contributed by atoms with Gasteiger partial charge in [0.15, 0.2) is 5.56 Å². The van der Waals surface area contributed by atoms with Gasteiger partial charge in [-0.15, -0.1) is 0 Å². The van der Waals surface area contributed by atoms with Gasteiger partial charge in [0.1, 0.15) is 17.6 Å². The minimum atomic E-state index is -0.603. The predicted octanol–water partition coefficient (Wildman–Crippen LogP) is 0.592. The second kappa shape index (κ2) is 5.71. The fourth-order valence-corrected chi connectivity index (χ4v) is 2.13. The maximum Gasteiger partial charge on any atom is 0.332 e. The molecule has 0 aliphatic carbocycles. The highest BCUT2D eigenvalue weighted by Crippen LogP contribution is 2.12. The zero-order valence-electron chi connectivity index (χ0n) is 12.1. The Balaban J connectivity index is 2.38. The summed E-state index contributed by atoms with van der Waals surface area (Å²) < 4.78 is 7.44. The topological polar surface area (TPSA) is 93.0 Å². The first kappa shape index (κ1) is 14.7. The Morgan fingerprint density at radius 3 is 2.67 bits per heavy atom. The van der Waals surface area contributed by atoms with Gasteiger partial charge in [0, 0.05) is 26.6 Å². The van der Waals surface area contributed by atoms with Gasteiger partial charge in [0.2, 0.25) is 0 Å². The molecule has 7 nitrogen and oxygen atoms in total. The Labute approximate surface area is 121 Å². The average Bonchev–Trinajstić information content (AvgIpc) is 2.95. The summed E-state index contributed by atoms with van der Waals surface area (Å²) in [5.74, 6) is 1.01. The first-order valence-corrected chi connectivity index (χ1v) is 6.44. The second-order valence-electron chi connectivity index (χ2n) is 4.87. The summed E-state index contributed by atoms with van der Waals surface area (Å²) in [6.07, 6.45) is 2.15. The van der Waals surface area contributed by atoms with E-state index in [9.17, 15) is 14.9 Å². The van der Waals surface area contributed by atoms with Crippen LogP contribution in [-0.4, -0.2) is 15.2 Å². The van der Waals surface area contributed by atoms with Gasteiger partial charge in [0.05, 0.1) is 6.26 Å². The van der Waals surface area contributed by atoms with Crippen molar-refractivity contribution in [2.24, 2.45) is 14.1 Å². The summed E-state index contributed by atoms with van der Waals surface area (Å²) in [5.41, 5.74) is -1.16. The lowest BCUT2D eigenvalue weighted by molar-refractivity contribution is 0.497. The molecule has 0 aliphatic rings. The van der Waals surface area contributed by atoms with Crippen molar-refractivity contribution in [2.75, 3.05) is 5.32 Å². The monoisotopic (exact) mass is 288 g/mol. The number of rotatable bonds is 4. The van der Waals surface area contributed by atoms with Crippen LogP contribution in [0.4, 0.5) is 5.82 Å². The highest BCUT2D eigenvalue weighted by molar-refractivity contribution is 5.51. The number of nitrogens with one attached hydrogen (secondary N) is 1. The van der Waals surface area contributed by atoms with Gasteiger partial charge in [-0.1, -0.05) is 0 Å². The van der Waals surface area contributed by atoms with Crippen LogP contribution in [-0.2, 0) is 20.5 Å². The number of hydrogen-bond acceptors (Lipinski definition) is 5. The summed E-state index contributed by atoms with van der Waals surface area (Å²) in [6.45, 7) is 1.88. The van der Waals surface area contributed by atoms with Crippen LogP contribution < -0.4 is 16.6 Å². The van der Waals surface area contributed by atoms with Crippen LogP contribution >= 0.6 is 0 Å². The number of hydrogen-bond donors (Lipinski definition) is 1. The molecule has 2 rings (SSSR count). The van der Waals surface area contributed by atoms with Crippen molar-refractivity contribution in [1.29, 1.82) is 5.26 Å². The van der Waals surface area contributed by atoms with Gasteiger partial charge in [-0.25, -0.2) is 4.79 Å². The molecule has 0 bridgehead atoms. The Bertz CT molecular complexity index is 793. The first-order chi connectivity index (χ1) is 9.95.